The van der Waals surface area contributed by atoms with Crippen molar-refractivity contribution in [1.29, 1.82) is 0 Å². The van der Waals surface area contributed by atoms with Crippen molar-refractivity contribution in [3.05, 3.63) is 65.0 Å². The minimum atomic E-state index is -0.552. The zero-order chi connectivity index (χ0) is 18.5. The quantitative estimate of drug-likeness (QED) is 0.650. The van der Waals surface area contributed by atoms with E-state index >= 15 is 0 Å². The molecule has 0 aliphatic rings. The molecule has 0 saturated carbocycles. The number of alkyl halides is 1. The topological polar surface area (TPSA) is 92.7 Å². The molecule has 0 fully saturated rings. The summed E-state index contributed by atoms with van der Waals surface area (Å²) in [4.78, 5) is 32.7. The Kier molecular flexibility index (Phi) is 5.48. The number of aromatic nitrogens is 4. The summed E-state index contributed by atoms with van der Waals surface area (Å²) in [5, 5.41) is 5.13. The lowest BCUT2D eigenvalue weighted by Gasteiger charge is -2.09. The van der Waals surface area contributed by atoms with Crippen molar-refractivity contribution in [2.75, 3.05) is 0 Å². The molecule has 3 aromatic rings. The first kappa shape index (κ1) is 17.9. The highest BCUT2D eigenvalue weighted by atomic mass is 35.5. The van der Waals surface area contributed by atoms with Crippen LogP contribution in [0.5, 0.6) is 0 Å². The van der Waals surface area contributed by atoms with Crippen LogP contribution in [-0.2, 0) is 11.3 Å². The Morgan fingerprint density at radius 1 is 1.38 bits per heavy atom. The average Bonchev–Trinajstić information content (AvgIpc) is 3.07. The number of pyridine rings is 2. The van der Waals surface area contributed by atoms with Crippen molar-refractivity contribution in [3.8, 4) is 16.9 Å². The van der Waals surface area contributed by atoms with Crippen molar-refractivity contribution in [2.24, 2.45) is 0 Å². The summed E-state index contributed by atoms with van der Waals surface area (Å²) in [6.45, 7) is 2.15. The lowest BCUT2D eigenvalue weighted by molar-refractivity contribution is -0.120. The highest BCUT2D eigenvalue weighted by Gasteiger charge is 2.13. The second kappa shape index (κ2) is 7.97. The number of carbonyl (C=O) groups excluding carboxylic acids is 1. The van der Waals surface area contributed by atoms with Gasteiger partial charge >= 0.3 is 0 Å². The molecule has 0 radical (unpaired) electrons. The maximum absolute atomic E-state index is 12.7. The monoisotopic (exact) mass is 371 g/mol. The van der Waals surface area contributed by atoms with Crippen LogP contribution in [0, 0.1) is 0 Å². The predicted molar refractivity (Wildman–Crippen MR) is 99.2 cm³/mol. The molecule has 134 valence electrons. The molecule has 0 aliphatic heterocycles. The van der Waals surface area contributed by atoms with E-state index in [1.807, 2.05) is 13.0 Å². The number of amides is 1. The Labute approximate surface area is 155 Å². The van der Waals surface area contributed by atoms with E-state index < -0.39 is 5.38 Å². The van der Waals surface area contributed by atoms with Crippen molar-refractivity contribution in [3.63, 3.8) is 0 Å². The predicted octanol–water partition coefficient (Wildman–Crippen LogP) is 2.26. The fraction of sp³-hybridized carbons (Fsp3) is 0.222. The number of carbonyl (C=O) groups is 1. The normalized spacial score (nSPS) is 11.9. The molecule has 3 heterocycles. The summed E-state index contributed by atoms with van der Waals surface area (Å²) < 4.78 is 1.35. The van der Waals surface area contributed by atoms with Gasteiger partial charge in [-0.15, -0.1) is 11.6 Å². The number of nitrogens with one attached hydrogen (secondary N) is 2. The summed E-state index contributed by atoms with van der Waals surface area (Å²) in [7, 11) is 0. The molecule has 26 heavy (non-hydrogen) atoms. The molecule has 1 atom stereocenters. The first-order chi connectivity index (χ1) is 12.6. The number of rotatable bonds is 6. The van der Waals surface area contributed by atoms with E-state index in [0.29, 0.717) is 24.3 Å². The smallest absolute Gasteiger partial charge is 0.280 e. The van der Waals surface area contributed by atoms with Gasteiger partial charge < -0.3 is 5.32 Å². The minimum absolute atomic E-state index is 0.219. The van der Waals surface area contributed by atoms with Crippen molar-refractivity contribution in [2.45, 2.75) is 25.3 Å². The number of nitrogens with zero attached hydrogens (tertiary/aromatic N) is 3. The van der Waals surface area contributed by atoms with Gasteiger partial charge in [0.25, 0.3) is 5.56 Å². The van der Waals surface area contributed by atoms with E-state index in [1.54, 1.807) is 43.0 Å². The van der Waals surface area contributed by atoms with Crippen LogP contribution in [0.25, 0.3) is 16.9 Å². The van der Waals surface area contributed by atoms with E-state index in [1.165, 1.54) is 4.68 Å². The zero-order valence-electron chi connectivity index (χ0n) is 14.1. The summed E-state index contributed by atoms with van der Waals surface area (Å²) in [5.74, 6) is 0.221. The van der Waals surface area contributed by atoms with E-state index in [4.69, 9.17) is 11.6 Å². The number of aromatic amines is 1. The Bertz CT molecular complexity index is 951. The van der Waals surface area contributed by atoms with Gasteiger partial charge in [0.2, 0.25) is 5.91 Å². The number of halogens is 1. The fourth-order valence-electron chi connectivity index (χ4n) is 2.45. The van der Waals surface area contributed by atoms with Crippen LogP contribution in [0.1, 0.15) is 18.9 Å². The summed E-state index contributed by atoms with van der Waals surface area (Å²) in [6.07, 6.45) is 7.05. The number of hydrogen-bond acceptors (Lipinski definition) is 4. The molecule has 0 aliphatic carbocycles. The molecule has 7 nitrogen and oxygen atoms in total. The Hall–Kier alpha value is -2.93. The van der Waals surface area contributed by atoms with Crippen LogP contribution in [0.4, 0.5) is 0 Å². The van der Waals surface area contributed by atoms with E-state index in [2.05, 4.69) is 20.4 Å². The van der Waals surface area contributed by atoms with Gasteiger partial charge in [0.05, 0.1) is 5.56 Å². The molecule has 1 unspecified atom stereocenters. The SMILES string of the molecule is CCC(Cl)C(=O)NCc1ccnc(-n2[nH]cc(-c3cccnc3)c2=O)c1. The van der Waals surface area contributed by atoms with Gasteiger partial charge in [-0.2, -0.15) is 0 Å². The van der Waals surface area contributed by atoms with Crippen molar-refractivity contribution in [1.82, 2.24) is 25.1 Å². The molecule has 0 aromatic carbocycles. The lowest BCUT2D eigenvalue weighted by atomic mass is 10.2. The summed E-state index contributed by atoms with van der Waals surface area (Å²) >= 11 is 5.91. The Morgan fingerprint density at radius 2 is 2.23 bits per heavy atom. The maximum Gasteiger partial charge on any atom is 0.280 e. The second-order valence-electron chi connectivity index (χ2n) is 5.69. The van der Waals surface area contributed by atoms with Crippen LogP contribution in [0.15, 0.2) is 53.8 Å². The highest BCUT2D eigenvalue weighted by Crippen LogP contribution is 2.14. The van der Waals surface area contributed by atoms with Gasteiger partial charge in [0.1, 0.15) is 5.38 Å². The van der Waals surface area contributed by atoms with Crippen LogP contribution >= 0.6 is 11.6 Å². The highest BCUT2D eigenvalue weighted by molar-refractivity contribution is 6.30. The third kappa shape index (κ3) is 3.83. The molecule has 0 spiro atoms. The second-order valence-corrected chi connectivity index (χ2v) is 6.21. The molecule has 0 saturated heterocycles. The molecule has 3 rings (SSSR count). The molecule has 1 amide bonds. The molecular formula is C18H18ClN5O2. The van der Waals surface area contributed by atoms with Crippen LogP contribution in [0.2, 0.25) is 0 Å². The van der Waals surface area contributed by atoms with Gasteiger partial charge in [-0.1, -0.05) is 13.0 Å². The summed E-state index contributed by atoms with van der Waals surface area (Å²) in [6, 6.07) is 7.10. The molecule has 8 heteroatoms. The Morgan fingerprint density at radius 3 is 2.96 bits per heavy atom. The molecule has 2 N–H and O–H groups in total. The fourth-order valence-corrected chi connectivity index (χ4v) is 2.52. The van der Waals surface area contributed by atoms with Crippen molar-refractivity contribution >= 4 is 17.5 Å². The van der Waals surface area contributed by atoms with E-state index in [0.717, 1.165) is 11.1 Å². The van der Waals surface area contributed by atoms with Gasteiger partial charge in [0, 0.05) is 36.9 Å². The average molecular weight is 372 g/mol. The van der Waals surface area contributed by atoms with Gasteiger partial charge in [-0.25, -0.2) is 9.67 Å². The molecular weight excluding hydrogens is 354 g/mol. The third-order valence-electron chi connectivity index (χ3n) is 3.89. The zero-order valence-corrected chi connectivity index (χ0v) is 14.9. The van der Waals surface area contributed by atoms with Gasteiger partial charge in [-0.05, 0) is 30.2 Å². The van der Waals surface area contributed by atoms with Crippen LogP contribution < -0.4 is 10.9 Å². The number of H-pyrrole nitrogens is 1. The Balaban J connectivity index is 1.82. The third-order valence-corrected chi connectivity index (χ3v) is 4.40. The minimum Gasteiger partial charge on any atom is -0.351 e. The number of hydrogen-bond donors (Lipinski definition) is 2. The standard InChI is InChI=1S/C18H18ClN5O2/c1-2-15(19)17(25)22-9-12-5-7-21-16(8-12)24-18(26)14(11-23-24)13-4-3-6-20-10-13/h3-8,10-11,15,23H,2,9H2,1H3,(H,22,25). The molecule has 3 aromatic heterocycles. The first-order valence-corrected chi connectivity index (χ1v) is 8.61. The van der Waals surface area contributed by atoms with Gasteiger partial charge in [0.15, 0.2) is 5.82 Å². The maximum atomic E-state index is 12.7. The van der Waals surface area contributed by atoms with E-state index in [-0.39, 0.29) is 11.5 Å². The van der Waals surface area contributed by atoms with Crippen molar-refractivity contribution < 1.29 is 4.79 Å². The largest absolute Gasteiger partial charge is 0.351 e. The van der Waals surface area contributed by atoms with Crippen LogP contribution in [-0.4, -0.2) is 31.0 Å². The van der Waals surface area contributed by atoms with Crippen LogP contribution in [0.3, 0.4) is 0 Å². The van der Waals surface area contributed by atoms with E-state index in [9.17, 15) is 9.59 Å². The summed E-state index contributed by atoms with van der Waals surface area (Å²) in [5.41, 5.74) is 1.82. The lowest BCUT2D eigenvalue weighted by Crippen LogP contribution is -2.30. The van der Waals surface area contributed by atoms with Gasteiger partial charge in [-0.3, -0.25) is 19.7 Å². The molecule has 0 bridgehead atoms. The first-order valence-electron chi connectivity index (χ1n) is 8.18.